The van der Waals surface area contributed by atoms with Gasteiger partial charge in [-0.1, -0.05) is 176 Å². The van der Waals surface area contributed by atoms with Crippen LogP contribution in [0.1, 0.15) is 0 Å². The zero-order chi connectivity index (χ0) is 37.7. The predicted octanol–water partition coefficient (Wildman–Crippen LogP) is 13.6. The molecule has 0 saturated carbocycles. The van der Waals surface area contributed by atoms with Crippen LogP contribution in [-0.4, -0.2) is 19.5 Å². The van der Waals surface area contributed by atoms with Gasteiger partial charge in [0.2, 0.25) is 0 Å². The van der Waals surface area contributed by atoms with Crippen LogP contribution in [0.15, 0.2) is 206 Å². The molecule has 0 amide bonds. The minimum atomic E-state index is 0.703. The van der Waals surface area contributed by atoms with Gasteiger partial charge in [-0.05, 0) is 35.9 Å². The summed E-state index contributed by atoms with van der Waals surface area (Å²) in [6.45, 7) is 0. The van der Waals surface area contributed by atoms with Crippen LogP contribution in [0.5, 0.6) is 0 Å². The Labute approximate surface area is 330 Å². The van der Waals surface area contributed by atoms with Gasteiger partial charge in [-0.15, -0.1) is 0 Å². The molecule has 0 aliphatic heterocycles. The fourth-order valence-corrected chi connectivity index (χ4v) is 8.37. The summed E-state index contributed by atoms with van der Waals surface area (Å²) in [5.74, 6) is 0.703. The fraction of sp³-hybridized carbons (Fsp3) is 0. The molecule has 266 valence electrons. The standard InChI is InChI=1S/C53H34N4/c1-5-16-36(17-6-1)45-34-46(55-53(54-45)39-20-9-3-10-21-39)37-30-28-35(29-31-37)41-25-15-26-43-49-44(51(56-52(41)43)38-18-7-2-8-19-38)32-33-48-50(49)42-24-13-14-27-47(42)57(48)40-22-11-4-12-23-40/h1-34H. The van der Waals surface area contributed by atoms with Gasteiger partial charge in [0.05, 0.1) is 33.6 Å². The van der Waals surface area contributed by atoms with E-state index >= 15 is 0 Å². The van der Waals surface area contributed by atoms with Crippen LogP contribution in [0.3, 0.4) is 0 Å². The molecule has 0 atom stereocenters. The Morgan fingerprint density at radius 1 is 0.333 bits per heavy atom. The largest absolute Gasteiger partial charge is 0.309 e. The fourth-order valence-electron chi connectivity index (χ4n) is 8.37. The van der Waals surface area contributed by atoms with Crippen LogP contribution in [0.4, 0.5) is 0 Å². The molecule has 11 rings (SSSR count). The van der Waals surface area contributed by atoms with E-state index in [1.54, 1.807) is 0 Å². The first kappa shape index (κ1) is 32.7. The Bertz CT molecular complexity index is 3190. The second-order valence-electron chi connectivity index (χ2n) is 14.4. The summed E-state index contributed by atoms with van der Waals surface area (Å²) in [5.41, 5.74) is 13.5. The Balaban J connectivity index is 1.13. The van der Waals surface area contributed by atoms with E-state index in [0.717, 1.165) is 72.4 Å². The number of aromatic nitrogens is 4. The van der Waals surface area contributed by atoms with E-state index in [9.17, 15) is 0 Å². The summed E-state index contributed by atoms with van der Waals surface area (Å²) in [7, 11) is 0. The minimum absolute atomic E-state index is 0.703. The van der Waals surface area contributed by atoms with Crippen molar-refractivity contribution in [2.45, 2.75) is 0 Å². The summed E-state index contributed by atoms with van der Waals surface area (Å²) >= 11 is 0. The van der Waals surface area contributed by atoms with E-state index in [-0.39, 0.29) is 0 Å². The third-order valence-electron chi connectivity index (χ3n) is 11.0. The molecular formula is C53H34N4. The monoisotopic (exact) mass is 726 g/mol. The van der Waals surface area contributed by atoms with Crippen molar-refractivity contribution in [1.29, 1.82) is 0 Å². The Kier molecular flexibility index (Phi) is 7.78. The van der Waals surface area contributed by atoms with E-state index in [4.69, 9.17) is 15.0 Å². The maximum Gasteiger partial charge on any atom is 0.160 e. The van der Waals surface area contributed by atoms with Gasteiger partial charge in [0.15, 0.2) is 5.82 Å². The molecule has 57 heavy (non-hydrogen) atoms. The highest BCUT2D eigenvalue weighted by Crippen LogP contribution is 2.44. The molecule has 0 aliphatic carbocycles. The van der Waals surface area contributed by atoms with Crippen molar-refractivity contribution in [2.24, 2.45) is 0 Å². The van der Waals surface area contributed by atoms with Gasteiger partial charge in [-0.3, -0.25) is 0 Å². The van der Waals surface area contributed by atoms with Crippen molar-refractivity contribution in [3.05, 3.63) is 206 Å². The van der Waals surface area contributed by atoms with Crippen LogP contribution in [0.2, 0.25) is 0 Å². The molecule has 11 aromatic rings. The number of hydrogen-bond donors (Lipinski definition) is 0. The highest BCUT2D eigenvalue weighted by Gasteiger charge is 2.21. The number of rotatable bonds is 6. The topological polar surface area (TPSA) is 43.6 Å². The molecule has 8 aromatic carbocycles. The third kappa shape index (κ3) is 5.58. The third-order valence-corrected chi connectivity index (χ3v) is 11.0. The summed E-state index contributed by atoms with van der Waals surface area (Å²) in [6.07, 6.45) is 0. The second kappa shape index (κ2) is 13.6. The van der Waals surface area contributed by atoms with E-state index in [1.165, 1.54) is 27.2 Å². The van der Waals surface area contributed by atoms with Crippen molar-refractivity contribution in [2.75, 3.05) is 0 Å². The molecule has 4 nitrogen and oxygen atoms in total. The lowest BCUT2D eigenvalue weighted by Gasteiger charge is -2.15. The predicted molar refractivity (Wildman–Crippen MR) is 236 cm³/mol. The smallest absolute Gasteiger partial charge is 0.160 e. The van der Waals surface area contributed by atoms with Crippen LogP contribution < -0.4 is 0 Å². The molecular weight excluding hydrogens is 693 g/mol. The van der Waals surface area contributed by atoms with Crippen molar-refractivity contribution in [3.63, 3.8) is 0 Å². The highest BCUT2D eigenvalue weighted by molar-refractivity contribution is 6.30. The van der Waals surface area contributed by atoms with Gasteiger partial charge in [-0.2, -0.15) is 0 Å². The maximum absolute atomic E-state index is 5.55. The SMILES string of the molecule is c1ccc(-c2cc(-c3ccc(-c4cccc5c4nc(-c4ccccc4)c4ccc6c(c7ccccc7n6-c6ccccc6)c45)cc3)nc(-c3ccccc3)n2)cc1. The van der Waals surface area contributed by atoms with Gasteiger partial charge < -0.3 is 4.57 Å². The van der Waals surface area contributed by atoms with E-state index < -0.39 is 0 Å². The second-order valence-corrected chi connectivity index (χ2v) is 14.4. The average Bonchev–Trinajstić information content (AvgIpc) is 3.64. The highest BCUT2D eigenvalue weighted by atomic mass is 15.0. The normalized spacial score (nSPS) is 11.5. The van der Waals surface area contributed by atoms with Crippen LogP contribution >= 0.6 is 0 Å². The summed E-state index contributed by atoms with van der Waals surface area (Å²) < 4.78 is 2.39. The number of hydrogen-bond acceptors (Lipinski definition) is 3. The van der Waals surface area contributed by atoms with Crippen molar-refractivity contribution >= 4 is 43.5 Å². The van der Waals surface area contributed by atoms with Gasteiger partial charge in [-0.25, -0.2) is 15.0 Å². The van der Waals surface area contributed by atoms with E-state index in [2.05, 4.69) is 174 Å². The Morgan fingerprint density at radius 2 is 0.895 bits per heavy atom. The van der Waals surface area contributed by atoms with Crippen LogP contribution in [0, 0.1) is 0 Å². The molecule has 0 unspecified atom stereocenters. The van der Waals surface area contributed by atoms with Crippen LogP contribution in [0.25, 0.3) is 105 Å². The number of pyridine rings is 1. The van der Waals surface area contributed by atoms with Gasteiger partial charge in [0.25, 0.3) is 0 Å². The van der Waals surface area contributed by atoms with Crippen molar-refractivity contribution < 1.29 is 0 Å². The Hall–Kier alpha value is -7.69. The lowest BCUT2D eigenvalue weighted by molar-refractivity contribution is 1.18. The number of para-hydroxylation sites is 3. The molecule has 4 heteroatoms. The quantitative estimate of drug-likeness (QED) is 0.160. The van der Waals surface area contributed by atoms with Crippen LogP contribution in [-0.2, 0) is 0 Å². The molecule has 3 heterocycles. The number of nitrogens with zero attached hydrogens (tertiary/aromatic N) is 4. The molecule has 0 saturated heterocycles. The maximum atomic E-state index is 5.55. The van der Waals surface area contributed by atoms with E-state index in [1.807, 2.05) is 36.4 Å². The molecule has 0 spiro atoms. The average molecular weight is 727 g/mol. The minimum Gasteiger partial charge on any atom is -0.309 e. The van der Waals surface area contributed by atoms with Gasteiger partial charge in [0.1, 0.15) is 0 Å². The summed E-state index contributed by atoms with van der Waals surface area (Å²) in [4.78, 5) is 15.6. The lowest BCUT2D eigenvalue weighted by Crippen LogP contribution is -1.96. The van der Waals surface area contributed by atoms with E-state index in [0.29, 0.717) is 5.82 Å². The number of fused-ring (bicyclic) bond motifs is 7. The first-order chi connectivity index (χ1) is 28.3. The molecule has 0 aliphatic rings. The van der Waals surface area contributed by atoms with Crippen molar-refractivity contribution in [3.8, 4) is 62.0 Å². The van der Waals surface area contributed by atoms with Crippen molar-refractivity contribution in [1.82, 2.24) is 19.5 Å². The zero-order valence-electron chi connectivity index (χ0n) is 30.9. The first-order valence-electron chi connectivity index (χ1n) is 19.3. The zero-order valence-corrected chi connectivity index (χ0v) is 30.9. The molecule has 0 fully saturated rings. The molecule has 0 radical (unpaired) electrons. The van der Waals surface area contributed by atoms with Gasteiger partial charge >= 0.3 is 0 Å². The molecule has 0 N–H and O–H groups in total. The molecule has 3 aromatic heterocycles. The summed E-state index contributed by atoms with van der Waals surface area (Å²) in [5, 5.41) is 5.93. The number of benzene rings is 8. The first-order valence-corrected chi connectivity index (χ1v) is 19.3. The lowest BCUT2D eigenvalue weighted by atomic mass is 9.93. The molecule has 0 bridgehead atoms. The van der Waals surface area contributed by atoms with Gasteiger partial charge in [0, 0.05) is 60.4 Å². The summed E-state index contributed by atoms with van der Waals surface area (Å²) in [6, 6.07) is 72.5. The Morgan fingerprint density at radius 3 is 1.60 bits per heavy atom.